The maximum absolute atomic E-state index is 12.7. The van der Waals surface area contributed by atoms with Crippen LogP contribution in [0.1, 0.15) is 26.2 Å². The van der Waals surface area contributed by atoms with Crippen molar-refractivity contribution < 1.29 is 9.59 Å². The molecule has 0 spiro atoms. The number of likely N-dealkylation sites (tertiary alicyclic amines) is 1. The summed E-state index contributed by atoms with van der Waals surface area (Å²) in [5.74, 6) is -0.0140. The van der Waals surface area contributed by atoms with E-state index < -0.39 is 0 Å². The molecule has 1 fully saturated rings. The maximum atomic E-state index is 12.7. The topological polar surface area (TPSA) is 57.6 Å². The van der Waals surface area contributed by atoms with Gasteiger partial charge < -0.3 is 19.7 Å². The molecular weight excluding hydrogens is 316 g/mol. The summed E-state index contributed by atoms with van der Waals surface area (Å²) in [5, 5.41) is 4.12. The zero-order chi connectivity index (χ0) is 18.0. The van der Waals surface area contributed by atoms with Gasteiger partial charge in [-0.25, -0.2) is 4.79 Å². The highest BCUT2D eigenvalue weighted by atomic mass is 16.2. The molecule has 25 heavy (non-hydrogen) atoms. The second-order valence-electron chi connectivity index (χ2n) is 6.80. The average Bonchev–Trinajstić information content (AvgIpc) is 3.22. The number of rotatable bonds is 4. The fourth-order valence-corrected chi connectivity index (χ4v) is 3.46. The molecule has 1 aliphatic rings. The van der Waals surface area contributed by atoms with Gasteiger partial charge in [-0.15, -0.1) is 0 Å². The number of hydrogen-bond acceptors (Lipinski definition) is 2. The van der Waals surface area contributed by atoms with Crippen LogP contribution in [0.4, 0.5) is 10.5 Å². The van der Waals surface area contributed by atoms with E-state index in [0.29, 0.717) is 6.54 Å². The number of carbonyl (C=O) groups is 2. The van der Waals surface area contributed by atoms with Gasteiger partial charge in [0.15, 0.2) is 0 Å². The number of hydrogen-bond donors (Lipinski definition) is 1. The van der Waals surface area contributed by atoms with Crippen LogP contribution in [0.3, 0.4) is 0 Å². The molecule has 0 bridgehead atoms. The number of benzene rings is 1. The van der Waals surface area contributed by atoms with Crippen LogP contribution in [-0.2, 0) is 11.3 Å². The van der Waals surface area contributed by atoms with Crippen molar-refractivity contribution in [2.75, 3.05) is 26.0 Å². The van der Waals surface area contributed by atoms with Gasteiger partial charge in [0.1, 0.15) is 6.04 Å². The Bertz CT molecular complexity index is 781. The van der Waals surface area contributed by atoms with Crippen molar-refractivity contribution >= 4 is 28.5 Å². The Kier molecular flexibility index (Phi) is 4.97. The first kappa shape index (κ1) is 17.3. The van der Waals surface area contributed by atoms with Crippen LogP contribution in [0.2, 0.25) is 0 Å². The number of amides is 3. The first-order valence-corrected chi connectivity index (χ1v) is 8.89. The zero-order valence-corrected chi connectivity index (χ0v) is 15.2. The monoisotopic (exact) mass is 342 g/mol. The lowest BCUT2D eigenvalue weighted by atomic mass is 10.2. The van der Waals surface area contributed by atoms with Crippen LogP contribution >= 0.6 is 0 Å². The highest BCUT2D eigenvalue weighted by Gasteiger charge is 2.34. The minimum absolute atomic E-state index is 0.0140. The van der Waals surface area contributed by atoms with Gasteiger partial charge in [-0.2, -0.15) is 0 Å². The predicted octanol–water partition coefficient (Wildman–Crippen LogP) is 3.14. The van der Waals surface area contributed by atoms with Crippen molar-refractivity contribution in [2.24, 2.45) is 0 Å². The molecule has 6 nitrogen and oxygen atoms in total. The van der Waals surface area contributed by atoms with E-state index in [1.54, 1.807) is 23.9 Å². The first-order valence-electron chi connectivity index (χ1n) is 8.89. The van der Waals surface area contributed by atoms with Crippen molar-refractivity contribution in [1.29, 1.82) is 0 Å². The molecule has 0 radical (unpaired) electrons. The number of anilines is 1. The summed E-state index contributed by atoms with van der Waals surface area (Å²) in [6.45, 7) is 3.71. The van der Waals surface area contributed by atoms with Crippen molar-refractivity contribution in [3.63, 3.8) is 0 Å². The largest absolute Gasteiger partial charge is 0.347 e. The summed E-state index contributed by atoms with van der Waals surface area (Å²) >= 11 is 0. The SMILES string of the molecule is CCCn1ccc2ccc(NC(=O)N3CCC[C@@H]3C(=O)N(C)C)cc21. The Balaban J connectivity index is 1.77. The average molecular weight is 342 g/mol. The lowest BCUT2D eigenvalue weighted by Gasteiger charge is -2.26. The number of aryl methyl sites for hydroxylation is 1. The second kappa shape index (κ2) is 7.17. The van der Waals surface area contributed by atoms with E-state index in [1.165, 1.54) is 0 Å². The van der Waals surface area contributed by atoms with Gasteiger partial charge in [-0.3, -0.25) is 4.79 Å². The molecule has 3 amide bonds. The van der Waals surface area contributed by atoms with Crippen molar-refractivity contribution in [1.82, 2.24) is 14.4 Å². The number of urea groups is 1. The molecular formula is C19H26N4O2. The predicted molar refractivity (Wildman–Crippen MR) is 99.7 cm³/mol. The summed E-state index contributed by atoms with van der Waals surface area (Å²) < 4.78 is 2.19. The Hall–Kier alpha value is -2.50. The minimum Gasteiger partial charge on any atom is -0.347 e. The molecule has 0 aliphatic carbocycles. The van der Waals surface area contributed by atoms with Gasteiger partial charge in [0.05, 0.1) is 5.52 Å². The fraction of sp³-hybridized carbons (Fsp3) is 0.474. The molecule has 1 aromatic carbocycles. The molecule has 1 N–H and O–H groups in total. The Labute approximate surface area is 148 Å². The van der Waals surface area contributed by atoms with Gasteiger partial charge in [0.2, 0.25) is 5.91 Å². The van der Waals surface area contributed by atoms with Gasteiger partial charge in [-0.05, 0) is 42.8 Å². The molecule has 2 aromatic rings. The Morgan fingerprint density at radius 1 is 1.28 bits per heavy atom. The lowest BCUT2D eigenvalue weighted by molar-refractivity contribution is -0.132. The van der Waals surface area contributed by atoms with Crippen LogP contribution in [0, 0.1) is 0 Å². The molecule has 0 unspecified atom stereocenters. The van der Waals surface area contributed by atoms with E-state index in [9.17, 15) is 9.59 Å². The van der Waals surface area contributed by atoms with Crippen molar-refractivity contribution in [3.8, 4) is 0 Å². The Morgan fingerprint density at radius 2 is 2.08 bits per heavy atom. The van der Waals surface area contributed by atoms with Gasteiger partial charge >= 0.3 is 6.03 Å². The van der Waals surface area contributed by atoms with E-state index in [2.05, 4.69) is 29.1 Å². The molecule has 2 heterocycles. The molecule has 1 atom stereocenters. The summed E-state index contributed by atoms with van der Waals surface area (Å²) in [5.41, 5.74) is 1.87. The third-order valence-corrected chi connectivity index (χ3v) is 4.73. The lowest BCUT2D eigenvalue weighted by Crippen LogP contribution is -2.47. The van der Waals surface area contributed by atoms with Crippen LogP contribution in [-0.4, -0.2) is 53.0 Å². The van der Waals surface area contributed by atoms with E-state index in [1.807, 2.05) is 18.2 Å². The quantitative estimate of drug-likeness (QED) is 0.928. The summed E-state index contributed by atoms with van der Waals surface area (Å²) in [6.07, 6.45) is 4.72. The van der Waals surface area contributed by atoms with E-state index >= 15 is 0 Å². The minimum atomic E-state index is -0.359. The molecule has 1 saturated heterocycles. The number of fused-ring (bicyclic) bond motifs is 1. The molecule has 3 rings (SSSR count). The van der Waals surface area contributed by atoms with Gasteiger partial charge in [-0.1, -0.05) is 13.0 Å². The van der Waals surface area contributed by atoms with Crippen LogP contribution < -0.4 is 5.32 Å². The summed E-state index contributed by atoms with van der Waals surface area (Å²) in [7, 11) is 3.46. The van der Waals surface area contributed by atoms with Crippen LogP contribution in [0.5, 0.6) is 0 Å². The summed E-state index contributed by atoms with van der Waals surface area (Å²) in [6, 6.07) is 7.46. The van der Waals surface area contributed by atoms with E-state index in [0.717, 1.165) is 42.4 Å². The van der Waals surface area contributed by atoms with E-state index in [4.69, 9.17) is 0 Å². The first-order chi connectivity index (χ1) is 12.0. The molecule has 1 aromatic heterocycles. The molecule has 1 aliphatic heterocycles. The number of aromatic nitrogens is 1. The molecule has 6 heteroatoms. The Morgan fingerprint density at radius 3 is 2.80 bits per heavy atom. The second-order valence-corrected chi connectivity index (χ2v) is 6.80. The molecule has 0 saturated carbocycles. The fourth-order valence-electron chi connectivity index (χ4n) is 3.46. The highest BCUT2D eigenvalue weighted by Crippen LogP contribution is 2.23. The number of nitrogens with zero attached hydrogens (tertiary/aromatic N) is 3. The smallest absolute Gasteiger partial charge is 0.322 e. The standard InChI is InChI=1S/C19H26N4O2/c1-4-10-22-12-9-14-7-8-15(13-17(14)22)20-19(25)23-11-5-6-16(23)18(24)21(2)3/h7-9,12-13,16H,4-6,10-11H2,1-3H3,(H,20,25)/t16-/m1/s1. The van der Waals surface area contributed by atoms with Crippen molar-refractivity contribution in [3.05, 3.63) is 30.5 Å². The summed E-state index contributed by atoms with van der Waals surface area (Å²) in [4.78, 5) is 28.2. The number of likely N-dealkylation sites (N-methyl/N-ethyl adjacent to an activating group) is 1. The third-order valence-electron chi connectivity index (χ3n) is 4.73. The number of nitrogens with one attached hydrogen (secondary N) is 1. The zero-order valence-electron chi connectivity index (χ0n) is 15.2. The van der Waals surface area contributed by atoms with Gasteiger partial charge in [0.25, 0.3) is 0 Å². The number of carbonyl (C=O) groups excluding carboxylic acids is 2. The third kappa shape index (κ3) is 3.48. The van der Waals surface area contributed by atoms with E-state index in [-0.39, 0.29) is 18.0 Å². The van der Waals surface area contributed by atoms with Crippen molar-refractivity contribution in [2.45, 2.75) is 38.8 Å². The highest BCUT2D eigenvalue weighted by molar-refractivity contribution is 5.96. The van der Waals surface area contributed by atoms with Crippen LogP contribution in [0.15, 0.2) is 30.5 Å². The normalized spacial score (nSPS) is 17.1. The van der Waals surface area contributed by atoms with Crippen LogP contribution in [0.25, 0.3) is 10.9 Å². The maximum Gasteiger partial charge on any atom is 0.322 e. The van der Waals surface area contributed by atoms with Gasteiger partial charge in [0, 0.05) is 39.1 Å². The molecule has 134 valence electrons.